The smallest absolute Gasteiger partial charge is 0.324 e. The molecule has 5 nitrogen and oxygen atoms in total. The van der Waals surface area contributed by atoms with Crippen molar-refractivity contribution in [3.05, 3.63) is 24.0 Å². The maximum Gasteiger partial charge on any atom is 0.324 e. The first-order valence-electron chi connectivity index (χ1n) is 12.7. The van der Waals surface area contributed by atoms with Crippen LogP contribution in [0.15, 0.2) is 24.0 Å². The van der Waals surface area contributed by atoms with E-state index in [0.717, 1.165) is 5.76 Å². The van der Waals surface area contributed by atoms with Crippen molar-refractivity contribution in [2.75, 3.05) is 13.2 Å². The molecule has 0 aliphatic heterocycles. The number of ether oxygens (including phenoxy) is 2. The molecule has 0 bridgehead atoms. The Bertz CT molecular complexity index is 738. The van der Waals surface area contributed by atoms with Crippen LogP contribution in [0, 0.1) is 22.7 Å². The number of rotatable bonds is 9. The lowest BCUT2D eigenvalue weighted by molar-refractivity contribution is -0.180. The van der Waals surface area contributed by atoms with Crippen LogP contribution in [0.2, 0.25) is 16.6 Å². The van der Waals surface area contributed by atoms with Gasteiger partial charge in [0.1, 0.15) is 0 Å². The molecule has 0 radical (unpaired) electrons. The van der Waals surface area contributed by atoms with Crippen LogP contribution < -0.4 is 0 Å². The van der Waals surface area contributed by atoms with E-state index < -0.39 is 25.7 Å². The highest BCUT2D eigenvalue weighted by molar-refractivity contribution is 6.77. The van der Waals surface area contributed by atoms with E-state index in [2.05, 4.69) is 67.5 Å². The highest BCUT2D eigenvalue weighted by Crippen LogP contribution is 2.56. The Balaban J connectivity index is 2.66. The molecule has 0 fully saturated rings. The number of hydrogen-bond acceptors (Lipinski definition) is 5. The summed E-state index contributed by atoms with van der Waals surface area (Å²) in [5.41, 5.74) is -0.293. The largest absolute Gasteiger partial charge is 0.545 e. The Labute approximate surface area is 202 Å². The first kappa shape index (κ1) is 27.7. The molecule has 0 saturated carbocycles. The number of allylic oxidation sites excluding steroid dienone is 3. The Morgan fingerprint density at radius 2 is 1.45 bits per heavy atom. The Hall–Kier alpha value is -1.56. The third-order valence-electron chi connectivity index (χ3n) is 7.74. The van der Waals surface area contributed by atoms with Gasteiger partial charge in [-0.1, -0.05) is 67.5 Å². The van der Waals surface area contributed by atoms with E-state index in [1.807, 2.05) is 6.08 Å². The summed E-state index contributed by atoms with van der Waals surface area (Å²) in [5, 5.41) is 0. The molecule has 0 amide bonds. The maximum atomic E-state index is 13.4. The molecule has 0 saturated heterocycles. The monoisotopic (exact) mass is 478 g/mol. The van der Waals surface area contributed by atoms with Crippen molar-refractivity contribution >= 4 is 20.3 Å². The molecule has 2 atom stereocenters. The maximum absolute atomic E-state index is 13.4. The standard InChI is InChI=1S/C27H46O5Si/c1-11-30-24(28)27(25(29)31-12-2)15-13-14-21-22(27)16-26(9,10)17-23(21)32-33(18(3)4,19(5)6)20(7)8/h13-14,17-22H,11-12,15-16H2,1-10H3/t21-,22-/m1/s1. The van der Waals surface area contributed by atoms with Gasteiger partial charge >= 0.3 is 11.9 Å². The zero-order chi connectivity index (χ0) is 25.2. The molecular formula is C27H46O5Si. The van der Waals surface area contributed by atoms with Gasteiger partial charge in [-0.2, -0.15) is 0 Å². The number of hydrogen-bond donors (Lipinski definition) is 0. The molecular weight excluding hydrogens is 432 g/mol. The molecule has 0 aromatic rings. The van der Waals surface area contributed by atoms with Crippen LogP contribution in [0.4, 0.5) is 0 Å². The molecule has 0 N–H and O–H groups in total. The minimum absolute atomic E-state index is 0.149. The van der Waals surface area contributed by atoms with Crippen molar-refractivity contribution < 1.29 is 23.5 Å². The third kappa shape index (κ3) is 4.96. The first-order valence-corrected chi connectivity index (χ1v) is 14.9. The van der Waals surface area contributed by atoms with Gasteiger partial charge in [-0.3, -0.25) is 9.59 Å². The SMILES string of the molecule is CCOC(=O)C1(C(=O)OCC)CC=C[C@H]2C(O[Si](C(C)C)(C(C)C)C(C)C)=CC(C)(C)C[C@H]21. The normalized spacial score (nSPS) is 23.8. The third-order valence-corrected chi connectivity index (χ3v) is 13.7. The van der Waals surface area contributed by atoms with Gasteiger partial charge in [-0.05, 0) is 54.8 Å². The highest BCUT2D eigenvalue weighted by atomic mass is 28.4. The zero-order valence-electron chi connectivity index (χ0n) is 22.5. The van der Waals surface area contributed by atoms with Crippen LogP contribution in [-0.2, 0) is 23.5 Å². The fraction of sp³-hybridized carbons (Fsp3) is 0.778. The average molecular weight is 479 g/mol. The van der Waals surface area contributed by atoms with Gasteiger partial charge in [0.15, 0.2) is 5.41 Å². The van der Waals surface area contributed by atoms with E-state index in [1.165, 1.54) is 0 Å². The average Bonchev–Trinajstić information content (AvgIpc) is 2.70. The van der Waals surface area contributed by atoms with Crippen LogP contribution in [0.25, 0.3) is 0 Å². The topological polar surface area (TPSA) is 61.8 Å². The molecule has 2 aliphatic carbocycles. The molecule has 2 aliphatic rings. The van der Waals surface area contributed by atoms with Gasteiger partial charge in [0, 0.05) is 11.8 Å². The fourth-order valence-electron chi connectivity index (χ4n) is 6.42. The Morgan fingerprint density at radius 1 is 0.970 bits per heavy atom. The van der Waals surface area contributed by atoms with E-state index in [0.29, 0.717) is 29.5 Å². The first-order chi connectivity index (χ1) is 15.3. The summed E-state index contributed by atoms with van der Waals surface area (Å²) in [6.45, 7) is 22.0. The molecule has 0 unspecified atom stereocenters. The van der Waals surface area contributed by atoms with Crippen molar-refractivity contribution in [3.8, 4) is 0 Å². The summed E-state index contributed by atoms with van der Waals surface area (Å²) in [7, 11) is -2.22. The van der Waals surface area contributed by atoms with E-state index in [9.17, 15) is 9.59 Å². The summed E-state index contributed by atoms with van der Waals surface area (Å²) in [5.74, 6) is -0.440. The van der Waals surface area contributed by atoms with Crippen molar-refractivity contribution in [2.45, 2.75) is 98.7 Å². The Kier molecular flexibility index (Phi) is 8.70. The Morgan fingerprint density at radius 3 is 1.88 bits per heavy atom. The quantitative estimate of drug-likeness (QED) is 0.158. The van der Waals surface area contributed by atoms with Gasteiger partial charge in [-0.15, -0.1) is 0 Å². The lowest BCUT2D eigenvalue weighted by Crippen LogP contribution is -2.55. The van der Waals surface area contributed by atoms with Crippen molar-refractivity contribution in [1.82, 2.24) is 0 Å². The number of carbonyl (C=O) groups is 2. The van der Waals surface area contributed by atoms with Crippen molar-refractivity contribution in [1.29, 1.82) is 0 Å². The van der Waals surface area contributed by atoms with Gasteiger partial charge in [-0.25, -0.2) is 0 Å². The summed E-state index contributed by atoms with van der Waals surface area (Å²) < 4.78 is 18.2. The van der Waals surface area contributed by atoms with Gasteiger partial charge in [0.2, 0.25) is 0 Å². The van der Waals surface area contributed by atoms with Crippen molar-refractivity contribution in [3.63, 3.8) is 0 Å². The summed E-state index contributed by atoms with van der Waals surface area (Å²) in [6, 6.07) is 0. The van der Waals surface area contributed by atoms with Gasteiger partial charge < -0.3 is 13.9 Å². The predicted octanol–water partition coefficient (Wildman–Crippen LogP) is 6.80. The second-order valence-electron chi connectivity index (χ2n) is 11.3. The van der Waals surface area contributed by atoms with Crippen LogP contribution >= 0.6 is 0 Å². The van der Waals surface area contributed by atoms with Crippen molar-refractivity contribution in [2.24, 2.45) is 22.7 Å². The second-order valence-corrected chi connectivity index (χ2v) is 16.7. The van der Waals surface area contributed by atoms with E-state index in [4.69, 9.17) is 13.9 Å². The molecule has 0 aromatic heterocycles. The summed E-state index contributed by atoms with van der Waals surface area (Å²) >= 11 is 0. The number of esters is 2. The van der Waals surface area contributed by atoms with Crippen LogP contribution in [-0.4, -0.2) is 33.5 Å². The molecule has 0 heterocycles. The molecule has 6 heteroatoms. The van der Waals surface area contributed by atoms with E-state index in [1.54, 1.807) is 13.8 Å². The molecule has 0 spiro atoms. The molecule has 188 valence electrons. The van der Waals surface area contributed by atoms with E-state index >= 15 is 0 Å². The number of carbonyl (C=O) groups excluding carboxylic acids is 2. The molecule has 33 heavy (non-hydrogen) atoms. The lowest BCUT2D eigenvalue weighted by atomic mass is 9.56. The second kappa shape index (κ2) is 10.4. The summed E-state index contributed by atoms with van der Waals surface area (Å²) in [4.78, 5) is 26.8. The lowest BCUT2D eigenvalue weighted by Gasteiger charge is -2.51. The highest BCUT2D eigenvalue weighted by Gasteiger charge is 2.61. The number of fused-ring (bicyclic) bond motifs is 1. The molecule has 0 aromatic carbocycles. The van der Waals surface area contributed by atoms with Gasteiger partial charge in [0.05, 0.1) is 19.0 Å². The van der Waals surface area contributed by atoms with Crippen LogP contribution in [0.5, 0.6) is 0 Å². The zero-order valence-corrected chi connectivity index (χ0v) is 23.5. The van der Waals surface area contributed by atoms with E-state index in [-0.39, 0.29) is 30.5 Å². The van der Waals surface area contributed by atoms with Crippen LogP contribution in [0.3, 0.4) is 0 Å². The predicted molar refractivity (Wildman–Crippen MR) is 135 cm³/mol. The fourth-order valence-corrected chi connectivity index (χ4v) is 11.7. The summed E-state index contributed by atoms with van der Waals surface area (Å²) in [6.07, 6.45) is 7.33. The minimum Gasteiger partial charge on any atom is -0.545 e. The van der Waals surface area contributed by atoms with Gasteiger partial charge in [0.25, 0.3) is 8.32 Å². The minimum atomic E-state index is -2.22. The molecule has 2 rings (SSSR count). The van der Waals surface area contributed by atoms with Crippen LogP contribution in [0.1, 0.15) is 82.1 Å².